The molecule has 0 aromatic rings. The molecule has 94 valence electrons. The molecule has 0 aliphatic rings. The number of methoxy groups -OCH3 is 1. The van der Waals surface area contributed by atoms with E-state index in [-0.39, 0.29) is 19.0 Å². The Hall–Kier alpha value is -1.14. The average Bonchev–Trinajstić information content (AvgIpc) is 2.25. The van der Waals surface area contributed by atoms with Gasteiger partial charge in [-0.05, 0) is 6.42 Å². The standard InChI is InChI=1S/C10H20N2O4/c1-3-8(10(14)15)6-12-9(13)7-11-4-5-16-2/h8,11H,3-7H2,1-2H3,(H,12,13)(H,14,15). The maximum Gasteiger partial charge on any atom is 0.308 e. The van der Waals surface area contributed by atoms with Gasteiger partial charge in [0.1, 0.15) is 0 Å². The molecule has 0 rings (SSSR count). The lowest BCUT2D eigenvalue weighted by molar-refractivity contribution is -0.141. The maximum atomic E-state index is 11.2. The first-order valence-corrected chi connectivity index (χ1v) is 5.31. The quantitative estimate of drug-likeness (QED) is 0.464. The highest BCUT2D eigenvalue weighted by atomic mass is 16.5. The highest BCUT2D eigenvalue weighted by Crippen LogP contribution is 1.99. The number of amides is 1. The van der Waals surface area contributed by atoms with Gasteiger partial charge in [0.15, 0.2) is 0 Å². The zero-order valence-corrected chi connectivity index (χ0v) is 9.78. The molecule has 0 heterocycles. The van der Waals surface area contributed by atoms with E-state index in [1.54, 1.807) is 14.0 Å². The molecule has 0 bridgehead atoms. The van der Waals surface area contributed by atoms with Crippen LogP contribution in [0.15, 0.2) is 0 Å². The van der Waals surface area contributed by atoms with E-state index >= 15 is 0 Å². The van der Waals surface area contributed by atoms with E-state index in [4.69, 9.17) is 9.84 Å². The monoisotopic (exact) mass is 232 g/mol. The molecular formula is C10H20N2O4. The van der Waals surface area contributed by atoms with Gasteiger partial charge in [-0.1, -0.05) is 6.92 Å². The zero-order chi connectivity index (χ0) is 12.4. The van der Waals surface area contributed by atoms with E-state index in [0.29, 0.717) is 19.6 Å². The van der Waals surface area contributed by atoms with Gasteiger partial charge in [0.05, 0.1) is 19.1 Å². The summed E-state index contributed by atoms with van der Waals surface area (Å²) in [5, 5.41) is 14.2. The minimum atomic E-state index is -0.879. The van der Waals surface area contributed by atoms with Crippen LogP contribution in [0.25, 0.3) is 0 Å². The van der Waals surface area contributed by atoms with Crippen LogP contribution in [0.2, 0.25) is 0 Å². The molecule has 1 unspecified atom stereocenters. The van der Waals surface area contributed by atoms with Crippen LogP contribution in [0.1, 0.15) is 13.3 Å². The summed E-state index contributed by atoms with van der Waals surface area (Å²) < 4.78 is 4.80. The second-order valence-electron chi connectivity index (χ2n) is 3.42. The summed E-state index contributed by atoms with van der Waals surface area (Å²) in [6, 6.07) is 0. The maximum absolute atomic E-state index is 11.2. The number of rotatable bonds is 9. The third-order valence-electron chi connectivity index (χ3n) is 2.16. The van der Waals surface area contributed by atoms with Crippen molar-refractivity contribution >= 4 is 11.9 Å². The van der Waals surface area contributed by atoms with Crippen LogP contribution in [0.4, 0.5) is 0 Å². The molecule has 0 aliphatic carbocycles. The summed E-state index contributed by atoms with van der Waals surface area (Å²) >= 11 is 0. The summed E-state index contributed by atoms with van der Waals surface area (Å²) in [6.07, 6.45) is 0.507. The van der Waals surface area contributed by atoms with Crippen LogP contribution in [0, 0.1) is 5.92 Å². The Morgan fingerprint density at radius 3 is 2.62 bits per heavy atom. The van der Waals surface area contributed by atoms with E-state index in [2.05, 4.69) is 10.6 Å². The molecular weight excluding hydrogens is 212 g/mol. The van der Waals surface area contributed by atoms with E-state index in [0.717, 1.165) is 0 Å². The third-order valence-corrected chi connectivity index (χ3v) is 2.16. The Kier molecular flexibility index (Phi) is 8.46. The Morgan fingerprint density at radius 2 is 2.12 bits per heavy atom. The largest absolute Gasteiger partial charge is 0.481 e. The number of carbonyl (C=O) groups is 2. The number of aliphatic carboxylic acids is 1. The van der Waals surface area contributed by atoms with Gasteiger partial charge in [0.2, 0.25) is 5.91 Å². The van der Waals surface area contributed by atoms with Gasteiger partial charge < -0.3 is 20.5 Å². The van der Waals surface area contributed by atoms with Crippen LogP contribution < -0.4 is 10.6 Å². The normalized spacial score (nSPS) is 12.1. The lowest BCUT2D eigenvalue weighted by Gasteiger charge is -2.11. The summed E-state index contributed by atoms with van der Waals surface area (Å²) in [6.45, 7) is 3.28. The van der Waals surface area contributed by atoms with Crippen LogP contribution in [0.3, 0.4) is 0 Å². The first-order valence-electron chi connectivity index (χ1n) is 5.31. The number of hydrogen-bond donors (Lipinski definition) is 3. The average molecular weight is 232 g/mol. The smallest absolute Gasteiger partial charge is 0.308 e. The molecule has 0 aliphatic heterocycles. The predicted octanol–water partition coefficient (Wildman–Crippen LogP) is -0.551. The molecule has 1 atom stereocenters. The highest BCUT2D eigenvalue weighted by molar-refractivity contribution is 5.79. The molecule has 0 saturated carbocycles. The number of ether oxygens (including phenoxy) is 1. The molecule has 6 nitrogen and oxygen atoms in total. The van der Waals surface area contributed by atoms with Crippen molar-refractivity contribution in [3.63, 3.8) is 0 Å². The third kappa shape index (κ3) is 7.19. The van der Waals surface area contributed by atoms with Crippen molar-refractivity contribution in [2.45, 2.75) is 13.3 Å². The van der Waals surface area contributed by atoms with Crippen molar-refractivity contribution in [2.24, 2.45) is 5.92 Å². The number of nitrogens with one attached hydrogen (secondary N) is 2. The van der Waals surface area contributed by atoms with Crippen molar-refractivity contribution in [1.82, 2.24) is 10.6 Å². The number of carboxylic acids is 1. The van der Waals surface area contributed by atoms with Gasteiger partial charge in [-0.3, -0.25) is 9.59 Å². The fraction of sp³-hybridized carbons (Fsp3) is 0.800. The highest BCUT2D eigenvalue weighted by Gasteiger charge is 2.15. The molecule has 0 aromatic carbocycles. The van der Waals surface area contributed by atoms with Crippen molar-refractivity contribution in [3.05, 3.63) is 0 Å². The van der Waals surface area contributed by atoms with Gasteiger partial charge in [-0.2, -0.15) is 0 Å². The van der Waals surface area contributed by atoms with Crippen molar-refractivity contribution in [2.75, 3.05) is 33.4 Å². The molecule has 0 radical (unpaired) electrons. The number of hydrogen-bond acceptors (Lipinski definition) is 4. The minimum absolute atomic E-state index is 0.177. The molecule has 0 aromatic heterocycles. The zero-order valence-electron chi connectivity index (χ0n) is 9.78. The van der Waals surface area contributed by atoms with Crippen molar-refractivity contribution in [3.8, 4) is 0 Å². The molecule has 0 saturated heterocycles. The van der Waals surface area contributed by atoms with Gasteiger partial charge >= 0.3 is 5.97 Å². The molecule has 0 fully saturated rings. The van der Waals surface area contributed by atoms with E-state index < -0.39 is 11.9 Å². The van der Waals surface area contributed by atoms with Crippen LogP contribution in [-0.2, 0) is 14.3 Å². The Bertz CT molecular complexity index is 221. The van der Waals surface area contributed by atoms with Crippen LogP contribution in [-0.4, -0.2) is 50.3 Å². The van der Waals surface area contributed by atoms with Crippen molar-refractivity contribution in [1.29, 1.82) is 0 Å². The minimum Gasteiger partial charge on any atom is -0.481 e. The summed E-state index contributed by atoms with van der Waals surface area (Å²) in [4.78, 5) is 21.9. The van der Waals surface area contributed by atoms with Gasteiger partial charge in [-0.25, -0.2) is 0 Å². The summed E-state index contributed by atoms with van der Waals surface area (Å²) in [7, 11) is 1.58. The second-order valence-corrected chi connectivity index (χ2v) is 3.42. The molecule has 1 amide bonds. The predicted molar refractivity (Wildman–Crippen MR) is 59.2 cm³/mol. The van der Waals surface area contributed by atoms with Crippen molar-refractivity contribution < 1.29 is 19.4 Å². The second kappa shape index (κ2) is 9.11. The molecule has 16 heavy (non-hydrogen) atoms. The number of carbonyl (C=O) groups excluding carboxylic acids is 1. The number of carboxylic acid groups (broad SMARTS) is 1. The SMILES string of the molecule is CCC(CNC(=O)CNCCOC)C(=O)O. The van der Waals surface area contributed by atoms with Gasteiger partial charge in [0, 0.05) is 20.2 Å². The lowest BCUT2D eigenvalue weighted by Crippen LogP contribution is -2.39. The van der Waals surface area contributed by atoms with Crippen LogP contribution in [0.5, 0.6) is 0 Å². The first kappa shape index (κ1) is 14.9. The fourth-order valence-corrected chi connectivity index (χ4v) is 1.08. The summed E-state index contributed by atoms with van der Waals surface area (Å²) in [5.41, 5.74) is 0. The van der Waals surface area contributed by atoms with Gasteiger partial charge in [-0.15, -0.1) is 0 Å². The Labute approximate surface area is 95.4 Å². The fourth-order valence-electron chi connectivity index (χ4n) is 1.08. The topological polar surface area (TPSA) is 87.7 Å². The Balaban J connectivity index is 3.59. The summed E-state index contributed by atoms with van der Waals surface area (Å²) in [5.74, 6) is -1.59. The molecule has 3 N–H and O–H groups in total. The molecule has 6 heteroatoms. The van der Waals surface area contributed by atoms with E-state index in [1.807, 2.05) is 0 Å². The lowest BCUT2D eigenvalue weighted by atomic mass is 10.1. The van der Waals surface area contributed by atoms with Gasteiger partial charge in [0.25, 0.3) is 0 Å². The molecule has 0 spiro atoms. The van der Waals surface area contributed by atoms with E-state index in [1.165, 1.54) is 0 Å². The Morgan fingerprint density at radius 1 is 1.44 bits per heavy atom. The van der Waals surface area contributed by atoms with E-state index in [9.17, 15) is 9.59 Å². The first-order chi connectivity index (χ1) is 7.61. The van der Waals surface area contributed by atoms with Crippen LogP contribution >= 0.6 is 0 Å².